The zero-order valence-corrected chi connectivity index (χ0v) is 21.8. The highest BCUT2D eigenvalue weighted by molar-refractivity contribution is 6.03. The molecule has 0 amide bonds. The summed E-state index contributed by atoms with van der Waals surface area (Å²) < 4.78 is 17.4. The Kier molecular flexibility index (Phi) is 5.44. The minimum Gasteiger partial charge on any atom is -0.390 e. The Morgan fingerprint density at radius 2 is 1.76 bits per heavy atom. The van der Waals surface area contributed by atoms with Crippen LogP contribution in [0, 0.1) is 34.5 Å². The summed E-state index contributed by atoms with van der Waals surface area (Å²) in [6.07, 6.45) is 2.76. The maximum absolute atomic E-state index is 17.4. The van der Waals surface area contributed by atoms with Crippen LogP contribution in [0.2, 0.25) is 0 Å². The Morgan fingerprint density at radius 3 is 2.49 bits per heavy atom. The fraction of sp³-hybridized carbons (Fsp3) is 0.531. The molecule has 0 aliphatic heterocycles. The molecule has 2 aromatic carbocycles. The molecule has 6 rings (SSSR count). The molecule has 3 saturated carbocycles. The number of carbonyl (C=O) groups is 3. The Labute approximate surface area is 217 Å². The van der Waals surface area contributed by atoms with Gasteiger partial charge in [-0.2, -0.15) is 0 Å². The van der Waals surface area contributed by atoms with E-state index in [1.54, 1.807) is 13.0 Å². The van der Waals surface area contributed by atoms with Crippen LogP contribution in [-0.2, 0) is 9.59 Å². The molecular weight excluding hydrogens is 467 g/mol. The maximum atomic E-state index is 17.4. The van der Waals surface area contributed by atoms with Crippen molar-refractivity contribution in [3.05, 3.63) is 59.7 Å². The molecular formula is C32H35FO4. The molecule has 0 spiro atoms. The SMILES string of the molecule is CC(=O)[C@H]1[C@H](C(=O)c2ccc3ccccc3c2)C[C@H]2[C@@H]3CCC4=CC(=O)CC[C@]4(C)[C@@]3(F)[C@@H](O)C[C@@]21C. The number of fused-ring (bicyclic) bond motifs is 6. The van der Waals surface area contributed by atoms with E-state index in [9.17, 15) is 19.5 Å². The second-order valence-corrected chi connectivity index (χ2v) is 12.6. The van der Waals surface area contributed by atoms with Gasteiger partial charge in [-0.05, 0) is 73.3 Å². The number of rotatable bonds is 3. The average Bonchev–Trinajstić information content (AvgIpc) is 3.17. The van der Waals surface area contributed by atoms with Crippen LogP contribution >= 0.6 is 0 Å². The van der Waals surface area contributed by atoms with Crippen molar-refractivity contribution in [1.82, 2.24) is 0 Å². The van der Waals surface area contributed by atoms with Crippen LogP contribution in [0.1, 0.15) is 69.7 Å². The second-order valence-electron chi connectivity index (χ2n) is 12.6. The third kappa shape index (κ3) is 3.25. The molecule has 4 nitrogen and oxygen atoms in total. The molecule has 0 heterocycles. The Hall–Kier alpha value is -2.66. The topological polar surface area (TPSA) is 71.4 Å². The van der Waals surface area contributed by atoms with Crippen LogP contribution in [0.4, 0.5) is 4.39 Å². The predicted octanol–water partition coefficient (Wildman–Crippen LogP) is 6.05. The number of hydrogen-bond donors (Lipinski definition) is 1. The molecule has 1 N–H and O–H groups in total. The van der Waals surface area contributed by atoms with Gasteiger partial charge in [0.2, 0.25) is 0 Å². The van der Waals surface area contributed by atoms with E-state index >= 15 is 4.39 Å². The van der Waals surface area contributed by atoms with Crippen LogP contribution in [0.3, 0.4) is 0 Å². The van der Waals surface area contributed by atoms with Gasteiger partial charge in [-0.1, -0.05) is 55.8 Å². The molecule has 4 aliphatic rings. The first-order valence-corrected chi connectivity index (χ1v) is 13.6. The van der Waals surface area contributed by atoms with Crippen molar-refractivity contribution in [3.63, 3.8) is 0 Å². The summed E-state index contributed by atoms with van der Waals surface area (Å²) in [4.78, 5) is 39.3. The lowest BCUT2D eigenvalue weighted by Gasteiger charge is -2.62. The highest BCUT2D eigenvalue weighted by atomic mass is 19.1. The first kappa shape index (κ1) is 24.7. The van der Waals surface area contributed by atoms with Gasteiger partial charge >= 0.3 is 0 Å². The summed E-state index contributed by atoms with van der Waals surface area (Å²) in [6, 6.07) is 13.5. The fourth-order valence-electron chi connectivity index (χ4n) is 9.18. The van der Waals surface area contributed by atoms with Gasteiger partial charge < -0.3 is 5.11 Å². The van der Waals surface area contributed by atoms with Crippen molar-refractivity contribution < 1.29 is 23.9 Å². The number of halogens is 1. The number of hydrogen-bond acceptors (Lipinski definition) is 4. The van der Waals surface area contributed by atoms with Gasteiger partial charge in [0, 0.05) is 35.2 Å². The normalized spacial score (nSPS) is 40.9. The van der Waals surface area contributed by atoms with Crippen molar-refractivity contribution >= 4 is 28.1 Å². The fourth-order valence-corrected chi connectivity index (χ4v) is 9.18. The van der Waals surface area contributed by atoms with Crippen molar-refractivity contribution in [2.24, 2.45) is 34.5 Å². The minimum atomic E-state index is -1.88. The zero-order valence-electron chi connectivity index (χ0n) is 21.8. The molecule has 8 atom stereocenters. The van der Waals surface area contributed by atoms with E-state index in [4.69, 9.17) is 0 Å². The molecule has 37 heavy (non-hydrogen) atoms. The van der Waals surface area contributed by atoms with Crippen molar-refractivity contribution in [1.29, 1.82) is 0 Å². The summed E-state index contributed by atoms with van der Waals surface area (Å²) in [5.74, 6) is -1.86. The lowest BCUT2D eigenvalue weighted by molar-refractivity contribution is -0.208. The Bertz CT molecular complexity index is 1360. The van der Waals surface area contributed by atoms with E-state index in [0.29, 0.717) is 31.2 Å². The van der Waals surface area contributed by atoms with E-state index in [1.165, 1.54) is 0 Å². The van der Waals surface area contributed by atoms with E-state index in [2.05, 4.69) is 0 Å². The third-order valence-electron chi connectivity index (χ3n) is 10.9. The number of Topliss-reactive ketones (excluding diaryl/α,β-unsaturated/α-hetero) is 2. The molecule has 194 valence electrons. The van der Waals surface area contributed by atoms with Gasteiger partial charge in [0.15, 0.2) is 11.6 Å². The van der Waals surface area contributed by atoms with E-state index in [-0.39, 0.29) is 36.1 Å². The number of ketones is 3. The van der Waals surface area contributed by atoms with E-state index < -0.39 is 40.4 Å². The number of aliphatic hydroxyl groups is 1. The minimum absolute atomic E-state index is 0.0308. The van der Waals surface area contributed by atoms with Gasteiger partial charge in [0.05, 0.1) is 6.10 Å². The van der Waals surface area contributed by atoms with Gasteiger partial charge in [0.1, 0.15) is 11.5 Å². The lowest BCUT2D eigenvalue weighted by atomic mass is 9.44. The summed E-state index contributed by atoms with van der Waals surface area (Å²) in [6.45, 7) is 5.41. The van der Waals surface area contributed by atoms with Gasteiger partial charge in [-0.3, -0.25) is 14.4 Å². The molecule has 3 fully saturated rings. The van der Waals surface area contributed by atoms with Gasteiger partial charge in [-0.15, -0.1) is 0 Å². The summed E-state index contributed by atoms with van der Waals surface area (Å²) in [5, 5.41) is 13.5. The lowest BCUT2D eigenvalue weighted by Crippen LogP contribution is -2.67. The Balaban J connectivity index is 1.41. The maximum Gasteiger partial charge on any atom is 0.166 e. The number of carbonyl (C=O) groups excluding carboxylic acids is 3. The highest BCUT2D eigenvalue weighted by Gasteiger charge is 2.72. The second kappa shape index (κ2) is 8.17. The number of allylic oxidation sites excluding steroid dienone is 1. The molecule has 0 saturated heterocycles. The van der Waals surface area contributed by atoms with Crippen LogP contribution in [-0.4, -0.2) is 34.2 Å². The molecule has 0 radical (unpaired) electrons. The number of benzene rings is 2. The molecule has 0 bridgehead atoms. The molecule has 4 aliphatic carbocycles. The monoisotopic (exact) mass is 502 g/mol. The third-order valence-corrected chi connectivity index (χ3v) is 10.9. The van der Waals surface area contributed by atoms with Crippen molar-refractivity contribution in [3.8, 4) is 0 Å². The van der Waals surface area contributed by atoms with Crippen LogP contribution < -0.4 is 0 Å². The Morgan fingerprint density at radius 1 is 1.03 bits per heavy atom. The van der Waals surface area contributed by atoms with Crippen LogP contribution in [0.15, 0.2) is 54.1 Å². The van der Waals surface area contributed by atoms with Crippen LogP contribution in [0.25, 0.3) is 10.8 Å². The predicted molar refractivity (Wildman–Crippen MR) is 140 cm³/mol. The van der Waals surface area contributed by atoms with E-state index in [1.807, 2.05) is 56.3 Å². The standard InChI is InChI=1S/C32H35FO4/c1-18(34)28-24(29(37)21-9-8-19-6-4-5-7-20(19)14-21)16-26-25-11-10-22-15-23(35)12-13-31(22,3)32(25,33)27(36)17-30(26,28)2/h4-9,14-15,24-28,36H,10-13,16-17H2,1-3H3/t24-,25+,26+,27+,28+,30+,31+,32+/m1/s1. The quantitative estimate of drug-likeness (QED) is 0.519. The largest absolute Gasteiger partial charge is 0.390 e. The van der Waals surface area contributed by atoms with Gasteiger partial charge in [-0.25, -0.2) is 4.39 Å². The highest BCUT2D eigenvalue weighted by Crippen LogP contribution is 2.70. The number of alkyl halides is 1. The van der Waals surface area contributed by atoms with Crippen molar-refractivity contribution in [2.75, 3.05) is 0 Å². The van der Waals surface area contributed by atoms with Gasteiger partial charge in [0.25, 0.3) is 0 Å². The average molecular weight is 503 g/mol. The molecule has 0 aromatic heterocycles. The van der Waals surface area contributed by atoms with Crippen molar-refractivity contribution in [2.45, 2.75) is 71.1 Å². The summed E-state index contributed by atoms with van der Waals surface area (Å²) in [5.41, 5.74) is -2.06. The molecule has 5 heteroatoms. The summed E-state index contributed by atoms with van der Waals surface area (Å²) >= 11 is 0. The smallest absolute Gasteiger partial charge is 0.166 e. The first-order chi connectivity index (χ1) is 17.5. The zero-order chi connectivity index (χ0) is 26.3. The number of aliphatic hydroxyl groups excluding tert-OH is 1. The van der Waals surface area contributed by atoms with E-state index in [0.717, 1.165) is 16.3 Å². The molecule has 2 aromatic rings. The van der Waals surface area contributed by atoms with Crippen LogP contribution in [0.5, 0.6) is 0 Å². The molecule has 0 unspecified atom stereocenters. The summed E-state index contributed by atoms with van der Waals surface area (Å²) in [7, 11) is 0. The first-order valence-electron chi connectivity index (χ1n) is 13.6.